The number of hydrogen-bond donors (Lipinski definition) is 1. The topological polar surface area (TPSA) is 46.5 Å². The summed E-state index contributed by atoms with van der Waals surface area (Å²) in [5, 5.41) is 8.96. The van der Waals surface area contributed by atoms with Crippen LogP contribution in [0.15, 0.2) is 18.2 Å². The first-order valence-corrected chi connectivity index (χ1v) is 5.09. The number of aryl methyl sites for hydroxylation is 1. The van der Waals surface area contributed by atoms with Gasteiger partial charge in [-0.15, -0.1) is 0 Å². The molecule has 1 aliphatic rings. The minimum absolute atomic E-state index is 0.232. The molecule has 1 aromatic carbocycles. The van der Waals surface area contributed by atoms with E-state index in [1.165, 1.54) is 5.56 Å². The van der Waals surface area contributed by atoms with E-state index in [4.69, 9.17) is 9.84 Å². The standard InChI is InChI=1S/C12H14O3/c1-15-11-5-4-8-2-3-9(12(13)14)6-10(8)7-11/h4-5,7,9H,2-3,6H2,1H3,(H,13,14)/t9-/m1/s1. The summed E-state index contributed by atoms with van der Waals surface area (Å²) in [6.45, 7) is 0. The maximum atomic E-state index is 10.9. The number of ether oxygens (including phenoxy) is 1. The van der Waals surface area contributed by atoms with Crippen LogP contribution in [0, 0.1) is 5.92 Å². The van der Waals surface area contributed by atoms with Gasteiger partial charge in [-0.05, 0) is 42.5 Å². The average molecular weight is 206 g/mol. The molecule has 1 atom stereocenters. The van der Waals surface area contributed by atoms with Crippen LogP contribution in [0.2, 0.25) is 0 Å². The molecule has 2 rings (SSSR count). The van der Waals surface area contributed by atoms with Crippen molar-refractivity contribution in [2.24, 2.45) is 5.92 Å². The lowest BCUT2D eigenvalue weighted by Gasteiger charge is -2.21. The monoisotopic (exact) mass is 206 g/mol. The van der Waals surface area contributed by atoms with Gasteiger partial charge in [0.05, 0.1) is 13.0 Å². The van der Waals surface area contributed by atoms with Gasteiger partial charge in [0.1, 0.15) is 5.75 Å². The third kappa shape index (κ3) is 1.96. The Morgan fingerprint density at radius 2 is 2.27 bits per heavy atom. The maximum absolute atomic E-state index is 10.9. The molecule has 3 nitrogen and oxygen atoms in total. The highest BCUT2D eigenvalue weighted by Crippen LogP contribution is 2.28. The van der Waals surface area contributed by atoms with Crippen LogP contribution in [0.3, 0.4) is 0 Å². The summed E-state index contributed by atoms with van der Waals surface area (Å²) in [7, 11) is 1.62. The lowest BCUT2D eigenvalue weighted by atomic mass is 9.84. The highest BCUT2D eigenvalue weighted by molar-refractivity contribution is 5.71. The van der Waals surface area contributed by atoms with E-state index in [1.54, 1.807) is 7.11 Å². The van der Waals surface area contributed by atoms with E-state index in [0.29, 0.717) is 6.42 Å². The average Bonchev–Trinajstić information content (AvgIpc) is 2.27. The van der Waals surface area contributed by atoms with Crippen LogP contribution in [-0.4, -0.2) is 18.2 Å². The maximum Gasteiger partial charge on any atom is 0.306 e. The molecule has 0 aliphatic heterocycles. The highest BCUT2D eigenvalue weighted by atomic mass is 16.5. The van der Waals surface area contributed by atoms with E-state index in [1.807, 2.05) is 18.2 Å². The summed E-state index contributed by atoms with van der Waals surface area (Å²) in [5.74, 6) is -0.118. The van der Waals surface area contributed by atoms with Crippen molar-refractivity contribution in [2.75, 3.05) is 7.11 Å². The normalized spacial score (nSPS) is 19.4. The van der Waals surface area contributed by atoms with Crippen LogP contribution in [0.4, 0.5) is 0 Å². The summed E-state index contributed by atoms with van der Waals surface area (Å²) >= 11 is 0. The molecule has 3 heteroatoms. The van der Waals surface area contributed by atoms with Gasteiger partial charge in [-0.2, -0.15) is 0 Å². The van der Waals surface area contributed by atoms with Gasteiger partial charge in [0.2, 0.25) is 0 Å². The van der Waals surface area contributed by atoms with Gasteiger partial charge >= 0.3 is 5.97 Å². The van der Waals surface area contributed by atoms with Crippen LogP contribution in [0.1, 0.15) is 17.5 Å². The fraction of sp³-hybridized carbons (Fsp3) is 0.417. The van der Waals surface area contributed by atoms with E-state index in [9.17, 15) is 4.79 Å². The molecule has 15 heavy (non-hydrogen) atoms. The fourth-order valence-corrected chi connectivity index (χ4v) is 2.07. The SMILES string of the molecule is COc1ccc2c(c1)C[C@H](C(=O)O)CC2. The van der Waals surface area contributed by atoms with Crippen molar-refractivity contribution < 1.29 is 14.6 Å². The molecular formula is C12H14O3. The van der Waals surface area contributed by atoms with Crippen molar-refractivity contribution in [1.29, 1.82) is 0 Å². The van der Waals surface area contributed by atoms with Crippen molar-refractivity contribution in [1.82, 2.24) is 0 Å². The first-order valence-electron chi connectivity index (χ1n) is 5.09. The number of carbonyl (C=O) groups is 1. The number of aliphatic carboxylic acids is 1. The zero-order valence-electron chi connectivity index (χ0n) is 8.69. The van der Waals surface area contributed by atoms with Crippen molar-refractivity contribution in [3.8, 4) is 5.75 Å². The number of hydrogen-bond acceptors (Lipinski definition) is 2. The smallest absolute Gasteiger partial charge is 0.306 e. The lowest BCUT2D eigenvalue weighted by Crippen LogP contribution is -2.22. The second-order valence-corrected chi connectivity index (χ2v) is 3.91. The number of rotatable bonds is 2. The minimum atomic E-state index is -0.691. The number of carboxylic acids is 1. The Hall–Kier alpha value is -1.51. The molecule has 0 fully saturated rings. The molecule has 0 aromatic heterocycles. The van der Waals surface area contributed by atoms with Crippen molar-refractivity contribution in [3.63, 3.8) is 0 Å². The third-order valence-electron chi connectivity index (χ3n) is 2.99. The van der Waals surface area contributed by atoms with E-state index >= 15 is 0 Å². The number of methoxy groups -OCH3 is 1. The molecular weight excluding hydrogens is 192 g/mol. The van der Waals surface area contributed by atoms with Crippen LogP contribution in [0.5, 0.6) is 5.75 Å². The minimum Gasteiger partial charge on any atom is -0.497 e. The van der Waals surface area contributed by atoms with Gasteiger partial charge in [0.25, 0.3) is 0 Å². The van der Waals surface area contributed by atoms with E-state index < -0.39 is 5.97 Å². The zero-order chi connectivity index (χ0) is 10.8. The summed E-state index contributed by atoms with van der Waals surface area (Å²) in [4.78, 5) is 10.9. The third-order valence-corrected chi connectivity index (χ3v) is 2.99. The van der Waals surface area contributed by atoms with Gasteiger partial charge in [-0.3, -0.25) is 4.79 Å². The van der Waals surface area contributed by atoms with E-state index in [-0.39, 0.29) is 5.92 Å². The summed E-state index contributed by atoms with van der Waals surface area (Å²) < 4.78 is 5.13. The molecule has 80 valence electrons. The van der Waals surface area contributed by atoms with Crippen LogP contribution < -0.4 is 4.74 Å². The van der Waals surface area contributed by atoms with Crippen LogP contribution >= 0.6 is 0 Å². The Bertz CT molecular complexity index is 384. The Labute approximate surface area is 88.7 Å². The Morgan fingerprint density at radius 3 is 2.93 bits per heavy atom. The predicted octanol–water partition coefficient (Wildman–Crippen LogP) is 1.88. The highest BCUT2D eigenvalue weighted by Gasteiger charge is 2.24. The molecule has 1 aromatic rings. The number of carboxylic acid groups (broad SMARTS) is 1. The summed E-state index contributed by atoms with van der Waals surface area (Å²) in [6.07, 6.45) is 2.23. The van der Waals surface area contributed by atoms with Gasteiger partial charge in [0.15, 0.2) is 0 Å². The van der Waals surface area contributed by atoms with Crippen LogP contribution in [-0.2, 0) is 17.6 Å². The molecule has 0 radical (unpaired) electrons. The van der Waals surface area contributed by atoms with E-state index in [0.717, 1.165) is 24.2 Å². The van der Waals surface area contributed by atoms with Crippen molar-refractivity contribution >= 4 is 5.97 Å². The molecule has 0 unspecified atom stereocenters. The van der Waals surface area contributed by atoms with Gasteiger partial charge in [-0.1, -0.05) is 6.07 Å². The molecule has 0 saturated heterocycles. The first-order chi connectivity index (χ1) is 7.20. The summed E-state index contributed by atoms with van der Waals surface area (Å²) in [6, 6.07) is 5.91. The molecule has 0 saturated carbocycles. The second kappa shape index (κ2) is 3.93. The summed E-state index contributed by atoms with van der Waals surface area (Å²) in [5.41, 5.74) is 2.38. The molecule has 0 bridgehead atoms. The fourth-order valence-electron chi connectivity index (χ4n) is 2.07. The number of fused-ring (bicyclic) bond motifs is 1. The Morgan fingerprint density at radius 1 is 1.47 bits per heavy atom. The predicted molar refractivity (Wildman–Crippen MR) is 56.1 cm³/mol. The Balaban J connectivity index is 2.27. The van der Waals surface area contributed by atoms with Gasteiger partial charge < -0.3 is 9.84 Å². The van der Waals surface area contributed by atoms with Gasteiger partial charge in [0, 0.05) is 0 Å². The molecule has 1 aliphatic carbocycles. The van der Waals surface area contributed by atoms with Gasteiger partial charge in [-0.25, -0.2) is 0 Å². The molecule has 0 spiro atoms. The van der Waals surface area contributed by atoms with E-state index in [2.05, 4.69) is 0 Å². The van der Waals surface area contributed by atoms with Crippen molar-refractivity contribution in [2.45, 2.75) is 19.3 Å². The second-order valence-electron chi connectivity index (χ2n) is 3.91. The molecule has 1 N–H and O–H groups in total. The van der Waals surface area contributed by atoms with Crippen molar-refractivity contribution in [3.05, 3.63) is 29.3 Å². The largest absolute Gasteiger partial charge is 0.497 e. The Kier molecular flexibility index (Phi) is 2.62. The lowest BCUT2D eigenvalue weighted by molar-refractivity contribution is -0.142. The van der Waals surface area contributed by atoms with Crippen LogP contribution in [0.25, 0.3) is 0 Å². The molecule has 0 heterocycles. The quantitative estimate of drug-likeness (QED) is 0.803. The number of benzene rings is 1. The molecule has 0 amide bonds. The first kappa shape index (κ1) is 10.0. The zero-order valence-corrected chi connectivity index (χ0v) is 8.69.